The van der Waals surface area contributed by atoms with Crippen molar-refractivity contribution in [2.24, 2.45) is 0 Å². The van der Waals surface area contributed by atoms with Crippen LogP contribution in [-0.4, -0.2) is 46.4 Å². The van der Waals surface area contributed by atoms with Crippen LogP contribution in [0.3, 0.4) is 0 Å². The van der Waals surface area contributed by atoms with E-state index in [1.807, 2.05) is 29.6 Å². The minimum Gasteiger partial charge on any atom is -0.508 e. The van der Waals surface area contributed by atoms with Crippen LogP contribution in [0.25, 0.3) is 10.8 Å². The molecule has 0 saturated carbocycles. The smallest absolute Gasteiger partial charge is 0.257 e. The maximum absolute atomic E-state index is 9.38. The van der Waals surface area contributed by atoms with E-state index in [1.54, 1.807) is 23.5 Å². The molecule has 1 aliphatic rings. The number of thiophene rings is 1. The van der Waals surface area contributed by atoms with Crippen molar-refractivity contribution in [2.75, 3.05) is 31.1 Å². The normalized spacial score (nSPS) is 15.8. The fraction of sp³-hybridized carbons (Fsp3) is 0.294. The molecule has 124 valence electrons. The van der Waals surface area contributed by atoms with Gasteiger partial charge in [0.1, 0.15) is 5.75 Å². The van der Waals surface area contributed by atoms with Crippen molar-refractivity contribution < 1.29 is 9.52 Å². The van der Waals surface area contributed by atoms with Gasteiger partial charge in [0.25, 0.3) is 5.89 Å². The Morgan fingerprint density at radius 1 is 1.04 bits per heavy atom. The van der Waals surface area contributed by atoms with Gasteiger partial charge in [-0.15, -0.1) is 21.5 Å². The third kappa shape index (κ3) is 3.27. The van der Waals surface area contributed by atoms with E-state index in [-0.39, 0.29) is 0 Å². The highest BCUT2D eigenvalue weighted by molar-refractivity contribution is 7.13. The van der Waals surface area contributed by atoms with Gasteiger partial charge in [0, 0.05) is 31.9 Å². The Bertz CT molecular complexity index is 777. The lowest BCUT2D eigenvalue weighted by molar-refractivity contribution is 0.227. The van der Waals surface area contributed by atoms with Gasteiger partial charge in [-0.2, -0.15) is 0 Å². The summed E-state index contributed by atoms with van der Waals surface area (Å²) in [5.74, 6) is 1.56. The fourth-order valence-electron chi connectivity index (χ4n) is 2.84. The topological polar surface area (TPSA) is 65.6 Å². The molecule has 0 spiro atoms. The Morgan fingerprint density at radius 2 is 1.83 bits per heavy atom. The molecule has 0 bridgehead atoms. The van der Waals surface area contributed by atoms with Gasteiger partial charge in [-0.05, 0) is 35.7 Å². The van der Waals surface area contributed by atoms with E-state index in [2.05, 4.69) is 20.0 Å². The molecule has 1 aromatic carbocycles. The average molecular weight is 342 g/mol. The van der Waals surface area contributed by atoms with Crippen LogP contribution in [0.2, 0.25) is 0 Å². The highest BCUT2D eigenvalue weighted by Gasteiger charge is 2.19. The molecular weight excluding hydrogens is 324 g/mol. The monoisotopic (exact) mass is 342 g/mol. The highest BCUT2D eigenvalue weighted by Crippen LogP contribution is 2.24. The quantitative estimate of drug-likeness (QED) is 0.786. The van der Waals surface area contributed by atoms with E-state index >= 15 is 0 Å². The van der Waals surface area contributed by atoms with E-state index in [1.165, 1.54) is 0 Å². The largest absolute Gasteiger partial charge is 0.508 e. The second-order valence-electron chi connectivity index (χ2n) is 5.76. The molecule has 1 fully saturated rings. The number of hydrogen-bond acceptors (Lipinski definition) is 7. The van der Waals surface area contributed by atoms with Crippen LogP contribution in [0.15, 0.2) is 46.2 Å². The molecule has 1 aliphatic heterocycles. The van der Waals surface area contributed by atoms with Crippen molar-refractivity contribution in [2.45, 2.75) is 6.54 Å². The summed E-state index contributed by atoms with van der Waals surface area (Å²) in [6.45, 7) is 4.45. The first-order valence-corrected chi connectivity index (χ1v) is 8.78. The first kappa shape index (κ1) is 15.2. The highest BCUT2D eigenvalue weighted by atomic mass is 32.1. The zero-order valence-corrected chi connectivity index (χ0v) is 13.9. The van der Waals surface area contributed by atoms with Gasteiger partial charge in [-0.25, -0.2) is 0 Å². The third-order valence-corrected chi connectivity index (χ3v) is 5.00. The van der Waals surface area contributed by atoms with Crippen molar-refractivity contribution >= 4 is 17.0 Å². The van der Waals surface area contributed by atoms with Crippen molar-refractivity contribution in [3.63, 3.8) is 0 Å². The predicted molar refractivity (Wildman–Crippen MR) is 93.2 cm³/mol. The Balaban J connectivity index is 1.34. The number of piperazine rings is 1. The number of rotatable bonds is 4. The van der Waals surface area contributed by atoms with Crippen LogP contribution in [0.1, 0.15) is 5.89 Å². The molecule has 0 unspecified atom stereocenters. The Kier molecular flexibility index (Phi) is 4.18. The summed E-state index contributed by atoms with van der Waals surface area (Å²) in [7, 11) is 0. The van der Waals surface area contributed by atoms with Gasteiger partial charge in [0.2, 0.25) is 5.89 Å². The first-order valence-electron chi connectivity index (χ1n) is 7.90. The Hall–Kier alpha value is -2.38. The molecule has 6 nitrogen and oxygen atoms in total. The second-order valence-corrected chi connectivity index (χ2v) is 6.71. The molecule has 7 heteroatoms. The van der Waals surface area contributed by atoms with Gasteiger partial charge in [0.05, 0.1) is 11.4 Å². The lowest BCUT2D eigenvalue weighted by Gasteiger charge is -2.35. The molecule has 0 atom stereocenters. The number of anilines is 1. The summed E-state index contributed by atoms with van der Waals surface area (Å²) < 4.78 is 5.76. The summed E-state index contributed by atoms with van der Waals surface area (Å²) in [6.07, 6.45) is 0. The van der Waals surface area contributed by atoms with Gasteiger partial charge in [0.15, 0.2) is 0 Å². The third-order valence-electron chi connectivity index (χ3n) is 4.14. The van der Waals surface area contributed by atoms with Crippen LogP contribution in [-0.2, 0) is 6.54 Å². The molecule has 0 aliphatic carbocycles. The van der Waals surface area contributed by atoms with Crippen LogP contribution in [0, 0.1) is 0 Å². The summed E-state index contributed by atoms with van der Waals surface area (Å²) >= 11 is 1.60. The lowest BCUT2D eigenvalue weighted by atomic mass is 10.2. The van der Waals surface area contributed by atoms with E-state index in [0.29, 0.717) is 24.1 Å². The van der Waals surface area contributed by atoms with Crippen molar-refractivity contribution in [1.82, 2.24) is 15.1 Å². The van der Waals surface area contributed by atoms with Crippen LogP contribution >= 0.6 is 11.3 Å². The van der Waals surface area contributed by atoms with Crippen molar-refractivity contribution in [3.8, 4) is 16.5 Å². The predicted octanol–water partition coefficient (Wildman–Crippen LogP) is 2.83. The molecule has 1 saturated heterocycles. The van der Waals surface area contributed by atoms with Gasteiger partial charge >= 0.3 is 0 Å². The number of phenols is 1. The number of hydrogen-bond donors (Lipinski definition) is 1. The second kappa shape index (κ2) is 6.62. The minimum absolute atomic E-state index is 0.301. The van der Waals surface area contributed by atoms with Gasteiger partial charge in [-0.1, -0.05) is 6.07 Å². The van der Waals surface area contributed by atoms with E-state index in [4.69, 9.17) is 4.42 Å². The first-order chi connectivity index (χ1) is 11.8. The van der Waals surface area contributed by atoms with E-state index in [0.717, 1.165) is 36.7 Å². The number of aromatic nitrogens is 2. The van der Waals surface area contributed by atoms with Gasteiger partial charge in [-0.3, -0.25) is 4.90 Å². The molecule has 0 amide bonds. The Labute approximate surface area is 144 Å². The van der Waals surface area contributed by atoms with E-state index in [9.17, 15) is 5.11 Å². The molecule has 4 rings (SSSR count). The summed E-state index contributed by atoms with van der Waals surface area (Å²) in [6, 6.07) is 11.3. The number of benzene rings is 1. The molecule has 1 N–H and O–H groups in total. The maximum atomic E-state index is 9.38. The molecular formula is C17H18N4O2S. The minimum atomic E-state index is 0.301. The molecule has 0 radical (unpaired) electrons. The summed E-state index contributed by atoms with van der Waals surface area (Å²) in [4.78, 5) is 5.65. The SMILES string of the molecule is Oc1ccc(N2CCN(Cc3nnc(-c4cccs4)o3)CC2)cc1. The van der Waals surface area contributed by atoms with Crippen LogP contribution in [0.5, 0.6) is 5.75 Å². The van der Waals surface area contributed by atoms with Crippen molar-refractivity contribution in [3.05, 3.63) is 47.7 Å². The zero-order chi connectivity index (χ0) is 16.4. The zero-order valence-electron chi connectivity index (χ0n) is 13.1. The summed E-state index contributed by atoms with van der Waals surface area (Å²) in [5.41, 5.74) is 1.14. The number of aromatic hydroxyl groups is 1. The lowest BCUT2D eigenvalue weighted by Crippen LogP contribution is -2.46. The standard InChI is InChI=1S/C17H18N4O2S/c22-14-5-3-13(4-6-14)21-9-7-20(8-10-21)12-16-18-19-17(23-16)15-2-1-11-24-15/h1-6,11,22H,7-10,12H2. The average Bonchev–Trinajstić information content (AvgIpc) is 3.28. The Morgan fingerprint density at radius 3 is 2.54 bits per heavy atom. The van der Waals surface area contributed by atoms with E-state index < -0.39 is 0 Å². The van der Waals surface area contributed by atoms with Crippen LogP contribution in [0.4, 0.5) is 5.69 Å². The summed E-state index contributed by atoms with van der Waals surface area (Å²) in [5, 5.41) is 19.7. The molecule has 24 heavy (non-hydrogen) atoms. The molecule has 3 aromatic rings. The van der Waals surface area contributed by atoms with Crippen molar-refractivity contribution in [1.29, 1.82) is 0 Å². The number of phenolic OH excluding ortho intramolecular Hbond substituents is 1. The molecule has 3 heterocycles. The molecule has 2 aromatic heterocycles. The fourth-order valence-corrected chi connectivity index (χ4v) is 3.48. The van der Waals surface area contributed by atoms with Crippen LogP contribution < -0.4 is 4.90 Å². The maximum Gasteiger partial charge on any atom is 0.257 e. The van der Waals surface area contributed by atoms with Gasteiger partial charge < -0.3 is 14.4 Å². The number of nitrogens with zero attached hydrogens (tertiary/aromatic N) is 4.